The van der Waals surface area contributed by atoms with Gasteiger partial charge in [-0.05, 0) is 23.8 Å². The number of benzene rings is 2. The summed E-state index contributed by atoms with van der Waals surface area (Å²) >= 11 is 0. The molecule has 0 saturated carbocycles. The molecule has 0 aliphatic carbocycles. The maximum atomic E-state index is 11.7. The number of carbonyl (C=O) groups is 1. The Hall–Kier alpha value is -2.89. The highest BCUT2D eigenvalue weighted by molar-refractivity contribution is 6.00. The van der Waals surface area contributed by atoms with Crippen molar-refractivity contribution in [1.82, 2.24) is 0 Å². The first-order chi connectivity index (χ1) is 11.0. The highest BCUT2D eigenvalue weighted by Gasteiger charge is 2.28. The third kappa shape index (κ3) is 2.52. The summed E-state index contributed by atoms with van der Waals surface area (Å²) in [5, 5.41) is 9.56. The van der Waals surface area contributed by atoms with Crippen LogP contribution in [0.5, 0.6) is 17.2 Å². The summed E-state index contributed by atoms with van der Waals surface area (Å²) in [5.41, 5.74) is 2.35. The lowest BCUT2D eigenvalue weighted by Crippen LogP contribution is -2.08. The second-order valence-electron chi connectivity index (χ2n) is 5.31. The largest absolute Gasteiger partial charge is 0.492 e. The van der Waals surface area contributed by atoms with Crippen LogP contribution in [0.3, 0.4) is 0 Å². The molecule has 1 aliphatic rings. The Morgan fingerprint density at radius 1 is 1.22 bits per heavy atom. The predicted molar refractivity (Wildman–Crippen MR) is 85.8 cm³/mol. The number of hydrogen-bond acceptors (Lipinski definition) is 5. The molecule has 0 spiro atoms. The van der Waals surface area contributed by atoms with Gasteiger partial charge in [0.2, 0.25) is 12.5 Å². The lowest BCUT2D eigenvalue weighted by atomic mass is 9.97. The third-order valence-electron chi connectivity index (χ3n) is 3.73. The average molecular weight is 315 g/mol. The van der Waals surface area contributed by atoms with Gasteiger partial charge in [-0.2, -0.15) is 0 Å². The van der Waals surface area contributed by atoms with Gasteiger partial charge < -0.3 is 24.2 Å². The Morgan fingerprint density at radius 3 is 2.48 bits per heavy atom. The van der Waals surface area contributed by atoms with Gasteiger partial charge in [-0.15, -0.1) is 0 Å². The molecular formula is C17H17NO5. The lowest BCUT2D eigenvalue weighted by Gasteiger charge is -2.16. The van der Waals surface area contributed by atoms with Crippen LogP contribution < -0.4 is 19.1 Å². The third-order valence-corrected chi connectivity index (χ3v) is 3.73. The van der Waals surface area contributed by atoms with Crippen molar-refractivity contribution in [3.63, 3.8) is 0 Å². The van der Waals surface area contributed by atoms with Gasteiger partial charge >= 0.3 is 5.97 Å². The summed E-state index contributed by atoms with van der Waals surface area (Å²) in [6, 6.07) is 9.04. The molecule has 1 N–H and O–H groups in total. The van der Waals surface area contributed by atoms with Crippen molar-refractivity contribution >= 4 is 11.7 Å². The van der Waals surface area contributed by atoms with E-state index < -0.39 is 5.97 Å². The molecule has 2 aromatic rings. The number of nitrogens with zero attached hydrogens (tertiary/aromatic N) is 1. The van der Waals surface area contributed by atoms with Crippen LogP contribution >= 0.6 is 0 Å². The number of carboxylic acids is 1. The van der Waals surface area contributed by atoms with Gasteiger partial charge in [0, 0.05) is 25.3 Å². The van der Waals surface area contributed by atoms with Crippen LogP contribution in [0.4, 0.5) is 5.69 Å². The van der Waals surface area contributed by atoms with E-state index in [9.17, 15) is 9.90 Å². The van der Waals surface area contributed by atoms with E-state index in [-0.39, 0.29) is 12.4 Å². The van der Waals surface area contributed by atoms with Crippen LogP contribution in [0, 0.1) is 0 Å². The molecule has 23 heavy (non-hydrogen) atoms. The molecule has 1 heterocycles. The van der Waals surface area contributed by atoms with Gasteiger partial charge in [0.15, 0.2) is 11.5 Å². The van der Waals surface area contributed by atoms with E-state index in [1.165, 1.54) is 13.2 Å². The van der Waals surface area contributed by atoms with E-state index in [2.05, 4.69) is 0 Å². The summed E-state index contributed by atoms with van der Waals surface area (Å²) < 4.78 is 16.2. The molecule has 0 aromatic heterocycles. The molecule has 3 rings (SSSR count). The van der Waals surface area contributed by atoms with Gasteiger partial charge in [0.25, 0.3) is 0 Å². The lowest BCUT2D eigenvalue weighted by molar-refractivity contribution is 0.0697. The van der Waals surface area contributed by atoms with Crippen molar-refractivity contribution in [2.75, 3.05) is 32.9 Å². The van der Waals surface area contributed by atoms with Gasteiger partial charge in [-0.1, -0.05) is 12.1 Å². The fraction of sp³-hybridized carbons (Fsp3) is 0.235. The first-order valence-electron chi connectivity index (χ1n) is 7.04. The van der Waals surface area contributed by atoms with Gasteiger partial charge in [-0.25, -0.2) is 4.79 Å². The molecule has 120 valence electrons. The van der Waals surface area contributed by atoms with Gasteiger partial charge in [0.1, 0.15) is 0 Å². The van der Waals surface area contributed by atoms with Crippen molar-refractivity contribution in [1.29, 1.82) is 0 Å². The Kier molecular flexibility index (Phi) is 3.73. The minimum absolute atomic E-state index is 0.0494. The number of aromatic carboxylic acids is 1. The zero-order valence-electron chi connectivity index (χ0n) is 13.1. The first-order valence-corrected chi connectivity index (χ1v) is 7.04. The Bertz CT molecular complexity index is 753. The summed E-state index contributed by atoms with van der Waals surface area (Å²) in [5.74, 6) is 0.139. The number of ether oxygens (including phenoxy) is 3. The molecular weight excluding hydrogens is 298 g/mol. The molecule has 0 unspecified atom stereocenters. The van der Waals surface area contributed by atoms with Crippen LogP contribution in [0.25, 0.3) is 11.1 Å². The molecule has 6 nitrogen and oxygen atoms in total. The number of anilines is 1. The molecule has 0 amide bonds. The molecule has 0 radical (unpaired) electrons. The number of rotatable bonds is 4. The zero-order chi connectivity index (χ0) is 16.6. The summed E-state index contributed by atoms with van der Waals surface area (Å²) in [6.45, 7) is 0.0494. The normalized spacial score (nSPS) is 12.1. The summed E-state index contributed by atoms with van der Waals surface area (Å²) in [6.07, 6.45) is 0. The topological polar surface area (TPSA) is 68.2 Å². The number of methoxy groups -OCH3 is 1. The van der Waals surface area contributed by atoms with E-state index in [1.807, 2.05) is 43.3 Å². The van der Waals surface area contributed by atoms with Gasteiger partial charge in [-0.3, -0.25) is 0 Å². The van der Waals surface area contributed by atoms with E-state index >= 15 is 0 Å². The Balaban J connectivity index is 2.22. The Labute approximate surface area is 133 Å². The van der Waals surface area contributed by atoms with Crippen molar-refractivity contribution < 1.29 is 24.1 Å². The molecule has 1 aliphatic heterocycles. The van der Waals surface area contributed by atoms with Crippen LogP contribution in [0.15, 0.2) is 30.3 Å². The number of fused-ring (bicyclic) bond motifs is 1. The van der Waals surface area contributed by atoms with Gasteiger partial charge in [0.05, 0.1) is 12.7 Å². The quantitative estimate of drug-likeness (QED) is 0.935. The van der Waals surface area contributed by atoms with Crippen molar-refractivity contribution in [3.8, 4) is 28.4 Å². The summed E-state index contributed by atoms with van der Waals surface area (Å²) in [4.78, 5) is 13.6. The fourth-order valence-electron chi connectivity index (χ4n) is 2.59. The second-order valence-corrected chi connectivity index (χ2v) is 5.31. The van der Waals surface area contributed by atoms with E-state index in [1.54, 1.807) is 0 Å². The monoisotopic (exact) mass is 315 g/mol. The molecule has 0 saturated heterocycles. The van der Waals surface area contributed by atoms with E-state index in [0.29, 0.717) is 22.8 Å². The van der Waals surface area contributed by atoms with Crippen LogP contribution in [-0.4, -0.2) is 39.1 Å². The van der Waals surface area contributed by atoms with Crippen LogP contribution in [0.2, 0.25) is 0 Å². The first kappa shape index (κ1) is 15.0. The van der Waals surface area contributed by atoms with Crippen molar-refractivity contribution in [2.24, 2.45) is 0 Å². The second kappa shape index (κ2) is 5.72. The van der Waals surface area contributed by atoms with Crippen molar-refractivity contribution in [2.45, 2.75) is 0 Å². The van der Waals surface area contributed by atoms with E-state index in [0.717, 1.165) is 11.3 Å². The van der Waals surface area contributed by atoms with Crippen LogP contribution in [-0.2, 0) is 0 Å². The van der Waals surface area contributed by atoms with E-state index in [4.69, 9.17) is 14.2 Å². The summed E-state index contributed by atoms with van der Waals surface area (Å²) in [7, 11) is 5.37. The SMILES string of the molecule is COc1c2c(cc(C(=O)O)c1-c1ccc(N(C)C)cc1)OCO2. The molecule has 0 bridgehead atoms. The Morgan fingerprint density at radius 2 is 1.91 bits per heavy atom. The highest BCUT2D eigenvalue weighted by Crippen LogP contribution is 2.49. The minimum atomic E-state index is -1.05. The predicted octanol–water partition coefficient (Wildman–Crippen LogP) is 2.86. The fourth-order valence-corrected chi connectivity index (χ4v) is 2.59. The molecule has 6 heteroatoms. The number of hydrogen-bond donors (Lipinski definition) is 1. The molecule has 0 fully saturated rings. The van der Waals surface area contributed by atoms with Crippen molar-refractivity contribution in [3.05, 3.63) is 35.9 Å². The minimum Gasteiger partial charge on any atom is -0.492 e. The maximum Gasteiger partial charge on any atom is 0.336 e. The molecule has 2 aromatic carbocycles. The highest BCUT2D eigenvalue weighted by atomic mass is 16.7. The standard InChI is InChI=1S/C17H17NO5/c1-18(2)11-6-4-10(5-7-11)14-12(17(19)20)8-13-15(16(14)21-3)23-9-22-13/h4-8H,9H2,1-3H3,(H,19,20). The van der Waals surface area contributed by atoms with Crippen LogP contribution in [0.1, 0.15) is 10.4 Å². The zero-order valence-corrected chi connectivity index (χ0v) is 13.1. The molecule has 0 atom stereocenters. The average Bonchev–Trinajstić information content (AvgIpc) is 3.01. The number of carboxylic acid groups (broad SMARTS) is 1. The smallest absolute Gasteiger partial charge is 0.336 e. The maximum absolute atomic E-state index is 11.7.